The van der Waals surface area contributed by atoms with E-state index in [9.17, 15) is 14.4 Å². The number of Topliss-reactive ketones (excluding diaryl/α,β-unsaturated/α-hetero) is 2. The van der Waals surface area contributed by atoms with Gasteiger partial charge in [-0.25, -0.2) is 4.79 Å². The van der Waals surface area contributed by atoms with E-state index in [1.54, 1.807) is 7.11 Å². The van der Waals surface area contributed by atoms with E-state index in [0.29, 0.717) is 26.0 Å². The highest BCUT2D eigenvalue weighted by Crippen LogP contribution is 2.17. The summed E-state index contributed by atoms with van der Waals surface area (Å²) in [6.07, 6.45) is 27.9. The average molecular weight is 614 g/mol. The lowest BCUT2D eigenvalue weighted by atomic mass is 9.92. The maximum atomic E-state index is 13.0. The average Bonchev–Trinajstić information content (AvgIpc) is 2.96. The molecule has 0 aliphatic rings. The molecule has 0 aliphatic carbocycles. The lowest BCUT2D eigenvalue weighted by molar-refractivity contribution is -0.129. The minimum atomic E-state index is -0.563. The van der Waals surface area contributed by atoms with Crippen LogP contribution in [-0.2, 0) is 19.1 Å². The molecule has 1 amide bonds. The van der Waals surface area contributed by atoms with Gasteiger partial charge in [-0.3, -0.25) is 9.59 Å². The molecule has 6 heteroatoms. The van der Waals surface area contributed by atoms with Crippen molar-refractivity contribution in [3.05, 3.63) is 0 Å². The molecule has 0 aromatic rings. The number of amides is 1. The highest BCUT2D eigenvalue weighted by Gasteiger charge is 2.23. The molecule has 1 N–H and O–H groups in total. The highest BCUT2D eigenvalue weighted by molar-refractivity contribution is 5.88. The van der Waals surface area contributed by atoms with E-state index in [1.807, 2.05) is 0 Å². The zero-order valence-electron chi connectivity index (χ0n) is 27.4. The molecule has 0 saturated carbocycles. The van der Waals surface area contributed by atoms with Crippen molar-refractivity contribution in [2.75, 3.05) is 26.9 Å². The number of hydrogen-bond acceptors (Lipinski definition) is 5. The summed E-state index contributed by atoms with van der Waals surface area (Å²) in [6, 6.07) is 0. The molecule has 0 saturated heterocycles. The first-order chi connectivity index (χ1) is 20.0. The van der Waals surface area contributed by atoms with E-state index in [1.165, 1.54) is 109 Å². The summed E-state index contributed by atoms with van der Waals surface area (Å²) in [4.78, 5) is 37.7. The molecular weight excluding hydrogens is 538 g/mol. The van der Waals surface area contributed by atoms with Gasteiger partial charge >= 0.3 is 6.09 Å². The van der Waals surface area contributed by atoms with Crippen LogP contribution >= 0.6 is 0 Å². The summed E-state index contributed by atoms with van der Waals surface area (Å²) >= 11 is 0. The summed E-state index contributed by atoms with van der Waals surface area (Å²) < 4.78 is 10.2. The van der Waals surface area contributed by atoms with Gasteiger partial charge in [0.2, 0.25) is 0 Å². The first kappa shape index (κ1) is 46.0. The predicted molar refractivity (Wildman–Crippen MR) is 185 cm³/mol. The van der Waals surface area contributed by atoms with Gasteiger partial charge in [-0.2, -0.15) is 0 Å². The van der Waals surface area contributed by atoms with E-state index in [2.05, 4.69) is 19.2 Å². The summed E-state index contributed by atoms with van der Waals surface area (Å²) in [5.74, 6) is -0.369. The van der Waals surface area contributed by atoms with E-state index in [4.69, 9.17) is 9.47 Å². The van der Waals surface area contributed by atoms with Crippen molar-refractivity contribution in [1.82, 2.24) is 5.32 Å². The fraction of sp³-hybridized carbons (Fsp3) is 0.919. The van der Waals surface area contributed by atoms with Crippen molar-refractivity contribution < 1.29 is 23.9 Å². The second-order valence-electron chi connectivity index (χ2n) is 12.0. The summed E-state index contributed by atoms with van der Waals surface area (Å²) in [6.45, 7) is 5.22. The van der Waals surface area contributed by atoms with Crippen LogP contribution in [0.4, 0.5) is 4.79 Å². The Bertz CT molecular complexity index is 610. The van der Waals surface area contributed by atoms with Crippen LogP contribution in [0.5, 0.6) is 0 Å². The molecule has 43 heavy (non-hydrogen) atoms. The third-order valence-corrected chi connectivity index (χ3v) is 8.01. The van der Waals surface area contributed by atoms with Crippen LogP contribution in [-0.4, -0.2) is 44.5 Å². The fourth-order valence-corrected chi connectivity index (χ4v) is 5.28. The number of ketones is 2. The van der Waals surface area contributed by atoms with Crippen LogP contribution in [0.25, 0.3) is 0 Å². The molecule has 0 radical (unpaired) electrons. The molecule has 1 unspecified atom stereocenters. The number of unbranched alkanes of at least 4 members (excludes halogenated alkanes) is 20. The quantitative estimate of drug-likeness (QED) is 0.0763. The Kier molecular flexibility index (Phi) is 39.3. The Balaban J connectivity index is -0.00000800. The van der Waals surface area contributed by atoms with Crippen LogP contribution in [0.2, 0.25) is 0 Å². The van der Waals surface area contributed by atoms with E-state index < -0.39 is 12.0 Å². The third kappa shape index (κ3) is 33.3. The normalized spacial score (nSPS) is 11.3. The van der Waals surface area contributed by atoms with E-state index in [0.717, 1.165) is 32.1 Å². The van der Waals surface area contributed by atoms with Crippen LogP contribution < -0.4 is 5.32 Å². The molecule has 0 rings (SSSR count). The van der Waals surface area contributed by atoms with Gasteiger partial charge < -0.3 is 14.8 Å². The van der Waals surface area contributed by atoms with Gasteiger partial charge in [0.15, 0.2) is 0 Å². The number of carbonyl (C=O) groups excluding carboxylic acids is 3. The van der Waals surface area contributed by atoms with E-state index >= 15 is 0 Å². The van der Waals surface area contributed by atoms with Gasteiger partial charge in [-0.1, -0.05) is 157 Å². The van der Waals surface area contributed by atoms with Crippen molar-refractivity contribution in [3.8, 4) is 0 Å². The first-order valence-corrected chi connectivity index (χ1v) is 17.5. The smallest absolute Gasteiger partial charge is 0.407 e. The lowest BCUT2D eigenvalue weighted by Crippen LogP contribution is -2.31. The van der Waals surface area contributed by atoms with Gasteiger partial charge in [0.05, 0.1) is 12.5 Å². The number of rotatable bonds is 32. The maximum absolute atomic E-state index is 13.0. The second-order valence-corrected chi connectivity index (χ2v) is 12.0. The highest BCUT2D eigenvalue weighted by atomic mass is 16.5. The predicted octanol–water partition coefficient (Wildman–Crippen LogP) is 11.2. The molecule has 0 aromatic carbocycles. The molecular formula is C37H75NO5. The standard InChI is InChI=1S/C35H67NO5.2CH4/c1-4-6-8-10-12-14-16-18-20-22-24-26-33(37)30-32(31-41-35(39)36-28-29-40-3)34(38)27-25-23-21-19-17-15-13-11-9-7-5-2;;/h32H,4-31H2,1-3H3,(H,36,39);2*1H4. The van der Waals surface area contributed by atoms with Gasteiger partial charge in [0, 0.05) is 32.9 Å². The van der Waals surface area contributed by atoms with Crippen molar-refractivity contribution in [1.29, 1.82) is 0 Å². The topological polar surface area (TPSA) is 81.7 Å². The van der Waals surface area contributed by atoms with Gasteiger partial charge in [-0.05, 0) is 12.8 Å². The Labute approximate surface area is 268 Å². The third-order valence-electron chi connectivity index (χ3n) is 8.01. The van der Waals surface area contributed by atoms with Crippen LogP contribution in [0.15, 0.2) is 0 Å². The number of hydrogen-bond donors (Lipinski definition) is 1. The molecule has 6 nitrogen and oxygen atoms in total. The molecule has 1 atom stereocenters. The molecule has 0 spiro atoms. The van der Waals surface area contributed by atoms with Gasteiger partial charge in [0.25, 0.3) is 0 Å². The zero-order chi connectivity index (χ0) is 30.2. The monoisotopic (exact) mass is 614 g/mol. The number of nitrogens with one attached hydrogen (secondary N) is 1. The number of alkyl carbamates (subject to hydrolysis) is 1. The Hall–Kier alpha value is -1.43. The summed E-state index contributed by atoms with van der Waals surface area (Å²) in [5.41, 5.74) is 0. The largest absolute Gasteiger partial charge is 0.449 e. The Morgan fingerprint density at radius 1 is 0.581 bits per heavy atom. The minimum absolute atomic E-state index is 0. The van der Waals surface area contributed by atoms with Crippen molar-refractivity contribution in [2.24, 2.45) is 5.92 Å². The maximum Gasteiger partial charge on any atom is 0.407 e. The van der Waals surface area contributed by atoms with Crippen molar-refractivity contribution in [2.45, 2.75) is 189 Å². The minimum Gasteiger partial charge on any atom is -0.449 e. The van der Waals surface area contributed by atoms with Crippen LogP contribution in [0, 0.1) is 5.92 Å². The summed E-state index contributed by atoms with van der Waals surface area (Å²) in [7, 11) is 1.57. The number of methoxy groups -OCH3 is 1. The SMILES string of the molecule is C.C.CCCCCCCCCCCCCC(=O)CC(COC(=O)NCCOC)C(=O)CCCCCCCCCCCCC. The fourth-order valence-electron chi connectivity index (χ4n) is 5.28. The number of carbonyl (C=O) groups is 3. The second kappa shape index (κ2) is 36.8. The first-order valence-electron chi connectivity index (χ1n) is 17.5. The lowest BCUT2D eigenvalue weighted by Gasteiger charge is -2.16. The van der Waals surface area contributed by atoms with Crippen LogP contribution in [0.1, 0.15) is 189 Å². The molecule has 0 aliphatic heterocycles. The Morgan fingerprint density at radius 3 is 1.40 bits per heavy atom. The molecule has 0 bridgehead atoms. The van der Waals surface area contributed by atoms with E-state index in [-0.39, 0.29) is 39.4 Å². The molecule has 0 aromatic heterocycles. The molecule has 0 fully saturated rings. The molecule has 0 heterocycles. The zero-order valence-corrected chi connectivity index (χ0v) is 27.4. The molecule has 258 valence electrons. The number of ether oxygens (including phenoxy) is 2. The van der Waals surface area contributed by atoms with Crippen molar-refractivity contribution >= 4 is 17.7 Å². The van der Waals surface area contributed by atoms with Gasteiger partial charge in [0.1, 0.15) is 18.2 Å². The van der Waals surface area contributed by atoms with Crippen LogP contribution in [0.3, 0.4) is 0 Å². The van der Waals surface area contributed by atoms with Crippen molar-refractivity contribution in [3.63, 3.8) is 0 Å². The Morgan fingerprint density at radius 2 is 0.977 bits per heavy atom. The van der Waals surface area contributed by atoms with Gasteiger partial charge in [-0.15, -0.1) is 0 Å². The summed E-state index contributed by atoms with van der Waals surface area (Å²) in [5, 5.41) is 2.61.